The third-order valence-electron chi connectivity index (χ3n) is 6.40. The van der Waals surface area contributed by atoms with Gasteiger partial charge in [0.1, 0.15) is 5.82 Å². The van der Waals surface area contributed by atoms with Crippen molar-refractivity contribution in [2.24, 2.45) is 11.8 Å². The van der Waals surface area contributed by atoms with Gasteiger partial charge in [-0.1, -0.05) is 6.07 Å². The van der Waals surface area contributed by atoms with Gasteiger partial charge in [-0.2, -0.15) is 0 Å². The largest absolute Gasteiger partial charge is 0.381 e. The Morgan fingerprint density at radius 1 is 0.967 bits per heavy atom. The van der Waals surface area contributed by atoms with Crippen LogP contribution in [0.3, 0.4) is 0 Å². The molecule has 30 heavy (non-hydrogen) atoms. The predicted octanol–water partition coefficient (Wildman–Crippen LogP) is 3.48. The van der Waals surface area contributed by atoms with Crippen molar-refractivity contribution in [1.29, 1.82) is 0 Å². The van der Waals surface area contributed by atoms with Crippen molar-refractivity contribution in [1.82, 2.24) is 9.80 Å². The number of benzene rings is 2. The van der Waals surface area contributed by atoms with Gasteiger partial charge in [-0.25, -0.2) is 9.18 Å². The number of carbonyl (C=O) groups excluding carboxylic acids is 2. The van der Waals surface area contributed by atoms with Crippen LogP contribution in [-0.2, 0) is 17.8 Å². The Labute approximate surface area is 174 Å². The van der Waals surface area contributed by atoms with Gasteiger partial charge in [0, 0.05) is 50.0 Å². The van der Waals surface area contributed by atoms with Crippen LogP contribution in [0.2, 0.25) is 0 Å². The monoisotopic (exact) mass is 409 g/mol. The number of halogens is 1. The molecule has 3 heterocycles. The van der Waals surface area contributed by atoms with Crippen molar-refractivity contribution < 1.29 is 18.7 Å². The number of hydrogen-bond donors (Lipinski definition) is 1. The van der Waals surface area contributed by atoms with Gasteiger partial charge in [0.05, 0.1) is 6.61 Å². The van der Waals surface area contributed by atoms with E-state index >= 15 is 0 Å². The molecule has 0 spiro atoms. The van der Waals surface area contributed by atoms with E-state index in [1.165, 1.54) is 12.1 Å². The number of hydrogen-bond acceptors (Lipinski definition) is 3. The van der Waals surface area contributed by atoms with Crippen LogP contribution >= 0.6 is 0 Å². The number of ether oxygens (including phenoxy) is 1. The van der Waals surface area contributed by atoms with Crippen LogP contribution in [0.15, 0.2) is 42.5 Å². The van der Waals surface area contributed by atoms with E-state index < -0.39 is 0 Å². The van der Waals surface area contributed by atoms with Gasteiger partial charge >= 0.3 is 6.03 Å². The van der Waals surface area contributed by atoms with Crippen LogP contribution < -0.4 is 5.32 Å². The van der Waals surface area contributed by atoms with Crippen LogP contribution in [0.25, 0.3) is 0 Å². The molecule has 3 amide bonds. The lowest BCUT2D eigenvalue weighted by molar-refractivity contribution is 0.0641. The average molecular weight is 409 g/mol. The third kappa shape index (κ3) is 3.65. The highest BCUT2D eigenvalue weighted by Gasteiger charge is 2.35. The standard InChI is InChI=1S/C23H24FN3O3/c24-20-4-1-16-10-27(11-18(16)9-20)23(29)25-21-5-2-15(3-6-21)22(28)26-8-7-17-13-30-14-19(17)12-26/h1-6,9,17,19H,7-8,10-14H2,(H,25,29). The number of carbonyl (C=O) groups is 2. The highest BCUT2D eigenvalue weighted by atomic mass is 19.1. The lowest BCUT2D eigenvalue weighted by Crippen LogP contribution is -2.43. The summed E-state index contributed by atoms with van der Waals surface area (Å²) >= 11 is 0. The average Bonchev–Trinajstić information content (AvgIpc) is 3.39. The van der Waals surface area contributed by atoms with Gasteiger partial charge in [-0.05, 0) is 59.9 Å². The molecule has 0 radical (unpaired) electrons. The Morgan fingerprint density at radius 3 is 2.57 bits per heavy atom. The smallest absolute Gasteiger partial charge is 0.322 e. The number of amides is 3. The third-order valence-corrected chi connectivity index (χ3v) is 6.40. The molecule has 6 nitrogen and oxygen atoms in total. The fraction of sp³-hybridized carbons (Fsp3) is 0.391. The normalized spacial score (nSPS) is 22.6. The molecule has 3 aliphatic heterocycles. The SMILES string of the molecule is O=C(Nc1ccc(C(=O)N2CCC3COCC3C2)cc1)N1Cc2ccc(F)cc2C1. The second kappa shape index (κ2) is 7.72. The minimum Gasteiger partial charge on any atom is -0.381 e. The summed E-state index contributed by atoms with van der Waals surface area (Å²) in [6, 6.07) is 11.4. The van der Waals surface area contributed by atoms with Crippen LogP contribution in [0, 0.1) is 17.7 Å². The number of anilines is 1. The van der Waals surface area contributed by atoms with Gasteiger partial charge in [-0.15, -0.1) is 0 Å². The maximum absolute atomic E-state index is 13.4. The lowest BCUT2D eigenvalue weighted by atomic mass is 9.88. The summed E-state index contributed by atoms with van der Waals surface area (Å²) in [6.45, 7) is 3.91. The molecule has 1 N–H and O–H groups in total. The fourth-order valence-corrected chi connectivity index (χ4v) is 4.63. The number of nitrogens with one attached hydrogen (secondary N) is 1. The molecule has 2 unspecified atom stereocenters. The van der Waals surface area contributed by atoms with Gasteiger partial charge in [-0.3, -0.25) is 4.79 Å². The van der Waals surface area contributed by atoms with Gasteiger partial charge in [0.15, 0.2) is 0 Å². The summed E-state index contributed by atoms with van der Waals surface area (Å²) in [5, 5.41) is 2.86. The zero-order chi connectivity index (χ0) is 20.7. The van der Waals surface area contributed by atoms with Crippen molar-refractivity contribution in [2.45, 2.75) is 19.5 Å². The van der Waals surface area contributed by atoms with Crippen LogP contribution in [0.1, 0.15) is 27.9 Å². The summed E-state index contributed by atoms with van der Waals surface area (Å²) in [7, 11) is 0. The molecule has 2 fully saturated rings. The molecule has 2 aromatic rings. The Hall–Kier alpha value is -2.93. The number of fused-ring (bicyclic) bond motifs is 2. The van der Waals surface area contributed by atoms with E-state index in [0.717, 1.165) is 43.9 Å². The first-order valence-corrected chi connectivity index (χ1v) is 10.4. The molecule has 156 valence electrons. The maximum Gasteiger partial charge on any atom is 0.322 e. The molecule has 5 rings (SSSR count). The summed E-state index contributed by atoms with van der Waals surface area (Å²) in [6.07, 6.45) is 0.993. The molecule has 0 aromatic heterocycles. The summed E-state index contributed by atoms with van der Waals surface area (Å²) in [5.74, 6) is 0.760. The van der Waals surface area contributed by atoms with Crippen molar-refractivity contribution in [2.75, 3.05) is 31.6 Å². The number of nitrogens with zero attached hydrogens (tertiary/aromatic N) is 2. The van der Waals surface area contributed by atoms with Crippen LogP contribution in [0.4, 0.5) is 14.9 Å². The first-order chi connectivity index (χ1) is 14.6. The Morgan fingerprint density at radius 2 is 1.73 bits per heavy atom. The van der Waals surface area contributed by atoms with Crippen LogP contribution in [-0.4, -0.2) is 48.0 Å². The Balaban J connectivity index is 1.19. The first kappa shape index (κ1) is 19.1. The summed E-state index contributed by atoms with van der Waals surface area (Å²) in [5.41, 5.74) is 3.04. The van der Waals surface area contributed by atoms with Gasteiger partial charge in [0.25, 0.3) is 5.91 Å². The van der Waals surface area contributed by atoms with E-state index in [0.29, 0.717) is 36.2 Å². The predicted molar refractivity (Wildman–Crippen MR) is 109 cm³/mol. The molecule has 0 saturated carbocycles. The zero-order valence-electron chi connectivity index (χ0n) is 16.6. The highest BCUT2D eigenvalue weighted by molar-refractivity contribution is 5.95. The molecule has 7 heteroatoms. The van der Waals surface area contributed by atoms with Crippen molar-refractivity contribution in [3.05, 3.63) is 65.0 Å². The van der Waals surface area contributed by atoms with Gasteiger partial charge in [0.2, 0.25) is 0 Å². The molecular weight excluding hydrogens is 385 g/mol. The number of urea groups is 1. The van der Waals surface area contributed by atoms with E-state index in [1.54, 1.807) is 35.2 Å². The minimum atomic E-state index is -0.291. The molecular formula is C23H24FN3O3. The minimum absolute atomic E-state index is 0.0234. The molecule has 3 aliphatic rings. The summed E-state index contributed by atoms with van der Waals surface area (Å²) < 4.78 is 18.9. The molecule has 0 aliphatic carbocycles. The van der Waals surface area contributed by atoms with E-state index in [-0.39, 0.29) is 17.8 Å². The zero-order valence-corrected chi connectivity index (χ0v) is 16.6. The quantitative estimate of drug-likeness (QED) is 0.826. The number of rotatable bonds is 2. The Kier molecular flexibility index (Phi) is 4.90. The van der Waals surface area contributed by atoms with E-state index in [9.17, 15) is 14.0 Å². The fourth-order valence-electron chi connectivity index (χ4n) is 4.63. The molecule has 2 atom stereocenters. The van der Waals surface area contributed by atoms with E-state index in [1.807, 2.05) is 4.90 Å². The summed E-state index contributed by atoms with van der Waals surface area (Å²) in [4.78, 5) is 29.0. The van der Waals surface area contributed by atoms with Crippen molar-refractivity contribution in [3.8, 4) is 0 Å². The molecule has 2 saturated heterocycles. The van der Waals surface area contributed by atoms with Crippen LogP contribution in [0.5, 0.6) is 0 Å². The van der Waals surface area contributed by atoms with E-state index in [2.05, 4.69) is 5.32 Å². The van der Waals surface area contributed by atoms with E-state index in [4.69, 9.17) is 4.74 Å². The second-order valence-corrected chi connectivity index (χ2v) is 8.37. The Bertz CT molecular complexity index is 978. The second-order valence-electron chi connectivity index (χ2n) is 8.37. The highest BCUT2D eigenvalue weighted by Crippen LogP contribution is 2.30. The lowest BCUT2D eigenvalue weighted by Gasteiger charge is -2.34. The molecule has 0 bridgehead atoms. The van der Waals surface area contributed by atoms with Crippen molar-refractivity contribution in [3.63, 3.8) is 0 Å². The maximum atomic E-state index is 13.4. The first-order valence-electron chi connectivity index (χ1n) is 10.4. The van der Waals surface area contributed by atoms with Gasteiger partial charge < -0.3 is 19.9 Å². The number of piperidine rings is 1. The molecule has 2 aromatic carbocycles. The van der Waals surface area contributed by atoms with Crippen molar-refractivity contribution >= 4 is 17.6 Å². The number of likely N-dealkylation sites (tertiary alicyclic amines) is 1. The topological polar surface area (TPSA) is 61.9 Å².